The third-order valence-corrected chi connectivity index (χ3v) is 2.84. The van der Waals surface area contributed by atoms with Crippen LogP contribution in [0.1, 0.15) is 6.92 Å². The van der Waals surface area contributed by atoms with Crippen molar-refractivity contribution in [3.63, 3.8) is 0 Å². The highest BCUT2D eigenvalue weighted by atomic mass is 16.5. The average Bonchev–Trinajstić information content (AvgIpc) is 2.38. The zero-order valence-electron chi connectivity index (χ0n) is 10.1. The van der Waals surface area contributed by atoms with Crippen molar-refractivity contribution in [2.45, 2.75) is 13.0 Å². The van der Waals surface area contributed by atoms with Crippen LogP contribution in [0.5, 0.6) is 0 Å². The summed E-state index contributed by atoms with van der Waals surface area (Å²) in [4.78, 5) is 13.1. The monoisotopic (exact) mass is 234 g/mol. The first kappa shape index (κ1) is 11.9. The van der Waals surface area contributed by atoms with E-state index >= 15 is 0 Å². The summed E-state index contributed by atoms with van der Waals surface area (Å²) in [5.41, 5.74) is 1.21. The van der Waals surface area contributed by atoms with Gasteiger partial charge in [0, 0.05) is 32.2 Å². The molecule has 0 aromatic heterocycles. The second-order valence-electron chi connectivity index (χ2n) is 4.21. The molecule has 0 spiro atoms. The molecule has 1 N–H and O–H groups in total. The van der Waals surface area contributed by atoms with Gasteiger partial charge in [-0.2, -0.15) is 0 Å². The molecule has 1 aromatic rings. The zero-order valence-corrected chi connectivity index (χ0v) is 10.1. The molecule has 1 aliphatic rings. The van der Waals surface area contributed by atoms with Crippen LogP contribution in [0.4, 0.5) is 5.69 Å². The van der Waals surface area contributed by atoms with Crippen molar-refractivity contribution in [3.8, 4) is 0 Å². The van der Waals surface area contributed by atoms with Gasteiger partial charge in [0.1, 0.15) is 0 Å². The molecule has 0 radical (unpaired) electrons. The number of morpholine rings is 1. The van der Waals surface area contributed by atoms with Crippen molar-refractivity contribution in [1.82, 2.24) is 5.32 Å². The summed E-state index contributed by atoms with van der Waals surface area (Å²) in [6.45, 7) is 4.54. The minimum atomic E-state index is -0.00886. The predicted octanol–water partition coefficient (Wildman–Crippen LogP) is 1.03. The van der Waals surface area contributed by atoms with Gasteiger partial charge in [0.05, 0.1) is 12.7 Å². The number of nitrogens with one attached hydrogen (secondary N) is 1. The van der Waals surface area contributed by atoms with Gasteiger partial charge < -0.3 is 15.0 Å². The molecule has 4 nitrogen and oxygen atoms in total. The van der Waals surface area contributed by atoms with E-state index < -0.39 is 0 Å². The fourth-order valence-corrected chi connectivity index (χ4v) is 1.97. The van der Waals surface area contributed by atoms with E-state index in [2.05, 4.69) is 22.3 Å². The molecular formula is C13H18N2O2. The van der Waals surface area contributed by atoms with E-state index in [-0.39, 0.29) is 12.0 Å². The second-order valence-corrected chi connectivity index (χ2v) is 4.21. The lowest BCUT2D eigenvalue weighted by molar-refractivity contribution is -0.119. The molecule has 1 unspecified atom stereocenters. The van der Waals surface area contributed by atoms with E-state index in [1.807, 2.05) is 18.2 Å². The SMILES string of the molecule is CC(=O)NCC1CN(c2ccccc2)CCO1. The molecule has 4 heteroatoms. The number of rotatable bonds is 3. The summed E-state index contributed by atoms with van der Waals surface area (Å²) >= 11 is 0. The highest BCUT2D eigenvalue weighted by Crippen LogP contribution is 2.16. The van der Waals surface area contributed by atoms with E-state index in [4.69, 9.17) is 4.74 Å². The Morgan fingerprint density at radius 1 is 1.47 bits per heavy atom. The summed E-state index contributed by atoms with van der Waals surface area (Å²) in [5.74, 6) is -0.00886. The lowest BCUT2D eigenvalue weighted by Crippen LogP contribution is -2.47. The number of nitrogens with zero attached hydrogens (tertiary/aromatic N) is 1. The molecule has 92 valence electrons. The summed E-state index contributed by atoms with van der Waals surface area (Å²) in [5, 5.41) is 2.80. The van der Waals surface area contributed by atoms with Crippen LogP contribution in [0.3, 0.4) is 0 Å². The van der Waals surface area contributed by atoms with Crippen molar-refractivity contribution < 1.29 is 9.53 Å². The second kappa shape index (κ2) is 5.68. The normalized spacial score (nSPS) is 20.1. The van der Waals surface area contributed by atoms with Crippen LogP contribution < -0.4 is 10.2 Å². The Balaban J connectivity index is 1.91. The molecule has 0 bridgehead atoms. The van der Waals surface area contributed by atoms with Gasteiger partial charge in [-0.05, 0) is 12.1 Å². The topological polar surface area (TPSA) is 41.6 Å². The van der Waals surface area contributed by atoms with Gasteiger partial charge in [0.2, 0.25) is 5.91 Å². The molecule has 1 saturated heterocycles. The van der Waals surface area contributed by atoms with Gasteiger partial charge in [-0.15, -0.1) is 0 Å². The van der Waals surface area contributed by atoms with Crippen LogP contribution in [0.15, 0.2) is 30.3 Å². The van der Waals surface area contributed by atoms with E-state index in [0.29, 0.717) is 13.2 Å². The van der Waals surface area contributed by atoms with E-state index in [0.717, 1.165) is 13.1 Å². The molecular weight excluding hydrogens is 216 g/mol. The third-order valence-electron chi connectivity index (χ3n) is 2.84. The van der Waals surface area contributed by atoms with Gasteiger partial charge in [0.25, 0.3) is 0 Å². The van der Waals surface area contributed by atoms with Gasteiger partial charge >= 0.3 is 0 Å². The van der Waals surface area contributed by atoms with Crippen molar-refractivity contribution in [2.24, 2.45) is 0 Å². The maximum atomic E-state index is 10.9. The molecule has 2 rings (SSSR count). The molecule has 1 atom stereocenters. The van der Waals surface area contributed by atoms with Crippen molar-refractivity contribution in [1.29, 1.82) is 0 Å². The smallest absolute Gasteiger partial charge is 0.216 e. The Labute approximate surface area is 102 Å². The highest BCUT2D eigenvalue weighted by molar-refractivity contribution is 5.72. The van der Waals surface area contributed by atoms with Gasteiger partial charge in [-0.3, -0.25) is 4.79 Å². The quantitative estimate of drug-likeness (QED) is 0.849. The van der Waals surface area contributed by atoms with Crippen LogP contribution in [0, 0.1) is 0 Å². The number of anilines is 1. The van der Waals surface area contributed by atoms with Crippen molar-refractivity contribution in [3.05, 3.63) is 30.3 Å². The predicted molar refractivity (Wildman–Crippen MR) is 67.1 cm³/mol. The largest absolute Gasteiger partial charge is 0.373 e. The molecule has 0 saturated carbocycles. The Morgan fingerprint density at radius 2 is 2.24 bits per heavy atom. The summed E-state index contributed by atoms with van der Waals surface area (Å²) in [6, 6.07) is 10.3. The first-order chi connectivity index (χ1) is 8.25. The fraction of sp³-hybridized carbons (Fsp3) is 0.462. The summed E-state index contributed by atoms with van der Waals surface area (Å²) in [6.07, 6.45) is 0.0767. The fourth-order valence-electron chi connectivity index (χ4n) is 1.97. The third kappa shape index (κ3) is 3.46. The Kier molecular flexibility index (Phi) is 3.98. The maximum absolute atomic E-state index is 10.9. The maximum Gasteiger partial charge on any atom is 0.216 e. The van der Waals surface area contributed by atoms with Gasteiger partial charge in [0.15, 0.2) is 0 Å². The first-order valence-electron chi connectivity index (χ1n) is 5.92. The van der Waals surface area contributed by atoms with E-state index in [1.54, 1.807) is 0 Å². The Hall–Kier alpha value is -1.55. The van der Waals surface area contributed by atoms with Crippen molar-refractivity contribution >= 4 is 11.6 Å². The number of carbonyl (C=O) groups excluding carboxylic acids is 1. The molecule has 1 aliphatic heterocycles. The Bertz CT molecular complexity index is 367. The number of hydrogen-bond donors (Lipinski definition) is 1. The molecule has 0 aliphatic carbocycles. The Morgan fingerprint density at radius 3 is 2.94 bits per heavy atom. The van der Waals surface area contributed by atoms with Crippen LogP contribution in [0.25, 0.3) is 0 Å². The molecule has 1 heterocycles. The summed E-state index contributed by atoms with van der Waals surface area (Å²) < 4.78 is 5.62. The number of ether oxygens (including phenoxy) is 1. The van der Waals surface area contributed by atoms with Gasteiger partial charge in [-0.25, -0.2) is 0 Å². The van der Waals surface area contributed by atoms with E-state index in [1.165, 1.54) is 12.6 Å². The lowest BCUT2D eigenvalue weighted by atomic mass is 10.2. The van der Waals surface area contributed by atoms with Crippen LogP contribution >= 0.6 is 0 Å². The molecule has 1 aromatic carbocycles. The standard InChI is InChI=1S/C13H18N2O2/c1-11(16)14-9-13-10-15(7-8-17-13)12-5-3-2-4-6-12/h2-6,13H,7-10H2,1H3,(H,14,16). The van der Waals surface area contributed by atoms with Crippen molar-refractivity contribution in [2.75, 3.05) is 31.1 Å². The van der Waals surface area contributed by atoms with Gasteiger partial charge in [-0.1, -0.05) is 18.2 Å². The minimum absolute atomic E-state index is 0.00886. The minimum Gasteiger partial charge on any atom is -0.373 e. The summed E-state index contributed by atoms with van der Waals surface area (Å²) in [7, 11) is 0. The number of benzene rings is 1. The zero-order chi connectivity index (χ0) is 12.1. The molecule has 1 fully saturated rings. The van der Waals surface area contributed by atoms with Crippen LogP contribution in [-0.4, -0.2) is 38.3 Å². The van der Waals surface area contributed by atoms with Crippen LogP contribution in [-0.2, 0) is 9.53 Å². The van der Waals surface area contributed by atoms with E-state index in [9.17, 15) is 4.79 Å². The lowest BCUT2D eigenvalue weighted by Gasteiger charge is -2.34. The first-order valence-corrected chi connectivity index (χ1v) is 5.92. The molecule has 1 amide bonds. The number of para-hydroxylation sites is 1. The number of hydrogen-bond acceptors (Lipinski definition) is 3. The highest BCUT2D eigenvalue weighted by Gasteiger charge is 2.20. The van der Waals surface area contributed by atoms with Crippen LogP contribution in [0.2, 0.25) is 0 Å². The molecule has 17 heavy (non-hydrogen) atoms. The number of amides is 1. The average molecular weight is 234 g/mol. The number of carbonyl (C=O) groups is 1.